The molecule has 1 N–H and O–H groups in total. The van der Waals surface area contributed by atoms with Crippen LogP contribution in [-0.2, 0) is 7.05 Å². The average Bonchev–Trinajstić information content (AvgIpc) is 3.34. The van der Waals surface area contributed by atoms with Gasteiger partial charge in [0.1, 0.15) is 10.7 Å². The Bertz CT molecular complexity index is 1210. The molecule has 1 amide bonds. The Balaban J connectivity index is 1.36. The van der Waals surface area contributed by atoms with Gasteiger partial charge in [-0.15, -0.1) is 0 Å². The Morgan fingerprint density at radius 1 is 1.10 bits per heavy atom. The van der Waals surface area contributed by atoms with E-state index in [1.54, 1.807) is 17.1 Å². The molecule has 3 aromatic heterocycles. The molecule has 1 saturated heterocycles. The van der Waals surface area contributed by atoms with Crippen molar-refractivity contribution in [1.29, 1.82) is 0 Å². The number of nitrogens with zero attached hydrogens (tertiary/aromatic N) is 5. The summed E-state index contributed by atoms with van der Waals surface area (Å²) in [5.74, 6) is 1.03. The average molecular weight is 404 g/mol. The minimum absolute atomic E-state index is 0.183. The fraction of sp³-hybridized carbons (Fsp3) is 0.238. The first-order valence-corrected chi connectivity index (χ1v) is 10.3. The van der Waals surface area contributed by atoms with Crippen molar-refractivity contribution in [3.63, 3.8) is 0 Å². The summed E-state index contributed by atoms with van der Waals surface area (Å²) < 4.78 is 1.78. The van der Waals surface area contributed by atoms with Crippen LogP contribution in [0.4, 0.5) is 10.9 Å². The minimum atomic E-state index is -0.183. The largest absolute Gasteiger partial charge is 0.347 e. The molecule has 7 nitrogen and oxygen atoms in total. The van der Waals surface area contributed by atoms with E-state index in [1.807, 2.05) is 31.6 Å². The molecule has 0 atom stereocenters. The molecule has 1 aliphatic rings. The molecule has 8 heteroatoms. The number of hydrogen-bond donors (Lipinski definition) is 1. The number of thiazole rings is 1. The maximum absolute atomic E-state index is 12.6. The summed E-state index contributed by atoms with van der Waals surface area (Å²) in [5.41, 5.74) is 2.12. The summed E-state index contributed by atoms with van der Waals surface area (Å²) in [6.45, 7) is 4.21. The smallest absolute Gasteiger partial charge is 0.268 e. The van der Waals surface area contributed by atoms with Crippen molar-refractivity contribution in [2.24, 2.45) is 13.0 Å². The fourth-order valence-corrected chi connectivity index (χ4v) is 4.34. The number of carbonyl (C=O) groups excluding carboxylic acids is 1. The second kappa shape index (κ2) is 6.97. The molecular formula is C21H20N6OS. The summed E-state index contributed by atoms with van der Waals surface area (Å²) in [4.78, 5) is 24.2. The fourth-order valence-electron chi connectivity index (χ4n) is 3.51. The maximum Gasteiger partial charge on any atom is 0.268 e. The number of anilines is 2. The van der Waals surface area contributed by atoms with Crippen molar-refractivity contribution in [3.05, 3.63) is 53.9 Å². The van der Waals surface area contributed by atoms with Crippen molar-refractivity contribution in [3.8, 4) is 11.1 Å². The number of benzene rings is 1. The molecule has 1 aliphatic heterocycles. The van der Waals surface area contributed by atoms with Gasteiger partial charge in [-0.05, 0) is 29.0 Å². The van der Waals surface area contributed by atoms with Crippen LogP contribution in [0.2, 0.25) is 0 Å². The summed E-state index contributed by atoms with van der Waals surface area (Å²) in [7, 11) is 1.90. The lowest BCUT2D eigenvalue weighted by Gasteiger charge is -2.36. The Morgan fingerprint density at radius 2 is 1.97 bits per heavy atom. The van der Waals surface area contributed by atoms with Crippen LogP contribution in [0.3, 0.4) is 0 Å². The van der Waals surface area contributed by atoms with Crippen molar-refractivity contribution in [1.82, 2.24) is 19.7 Å². The van der Waals surface area contributed by atoms with Crippen molar-refractivity contribution >= 4 is 39.0 Å². The zero-order valence-electron chi connectivity index (χ0n) is 16.2. The zero-order valence-corrected chi connectivity index (χ0v) is 17.0. The van der Waals surface area contributed by atoms with Crippen LogP contribution in [-0.4, -0.2) is 38.7 Å². The van der Waals surface area contributed by atoms with Crippen LogP contribution in [0, 0.1) is 5.92 Å². The molecule has 1 fully saturated rings. The second-order valence-electron chi connectivity index (χ2n) is 7.51. The van der Waals surface area contributed by atoms with Gasteiger partial charge in [-0.3, -0.25) is 9.48 Å². The van der Waals surface area contributed by atoms with Crippen molar-refractivity contribution < 1.29 is 4.79 Å². The van der Waals surface area contributed by atoms with Crippen LogP contribution < -0.4 is 10.2 Å². The van der Waals surface area contributed by atoms with Gasteiger partial charge in [0.25, 0.3) is 5.91 Å². The molecule has 146 valence electrons. The first-order valence-electron chi connectivity index (χ1n) is 9.46. The highest BCUT2D eigenvalue weighted by molar-refractivity contribution is 7.17. The van der Waals surface area contributed by atoms with Crippen LogP contribution in [0.1, 0.15) is 16.6 Å². The predicted molar refractivity (Wildman–Crippen MR) is 115 cm³/mol. The number of hydrogen-bond acceptors (Lipinski definition) is 6. The maximum atomic E-state index is 12.6. The van der Waals surface area contributed by atoms with E-state index in [1.165, 1.54) is 11.3 Å². The molecule has 29 heavy (non-hydrogen) atoms. The highest BCUT2D eigenvalue weighted by Crippen LogP contribution is 2.29. The summed E-state index contributed by atoms with van der Waals surface area (Å²) in [6.07, 6.45) is 7.23. The highest BCUT2D eigenvalue weighted by atomic mass is 32.1. The predicted octanol–water partition coefficient (Wildman–Crippen LogP) is 3.80. The summed E-state index contributed by atoms with van der Waals surface area (Å²) >= 11 is 1.42. The molecule has 0 aliphatic carbocycles. The van der Waals surface area contributed by atoms with E-state index in [0.717, 1.165) is 40.1 Å². The number of carbonyl (C=O) groups is 1. The van der Waals surface area contributed by atoms with Gasteiger partial charge in [0, 0.05) is 43.5 Å². The molecule has 1 aromatic carbocycles. The number of amides is 1. The van der Waals surface area contributed by atoms with E-state index < -0.39 is 0 Å². The molecule has 0 unspecified atom stereocenters. The molecule has 0 spiro atoms. The van der Waals surface area contributed by atoms with E-state index in [9.17, 15) is 4.79 Å². The summed E-state index contributed by atoms with van der Waals surface area (Å²) in [5, 5.41) is 10.1. The number of nitrogens with one attached hydrogen (secondary N) is 1. The van der Waals surface area contributed by atoms with E-state index in [2.05, 4.69) is 44.3 Å². The molecule has 0 saturated carbocycles. The first-order chi connectivity index (χ1) is 14.0. The first kappa shape index (κ1) is 17.8. The van der Waals surface area contributed by atoms with Gasteiger partial charge in [0.05, 0.1) is 12.4 Å². The van der Waals surface area contributed by atoms with E-state index >= 15 is 0 Å². The third kappa shape index (κ3) is 3.47. The zero-order chi connectivity index (χ0) is 20.0. The number of fused-ring (bicyclic) bond motifs is 1. The number of aryl methyl sites for hydroxylation is 1. The lowest BCUT2D eigenvalue weighted by molar-refractivity contribution is 0.103. The Kier molecular flexibility index (Phi) is 4.28. The van der Waals surface area contributed by atoms with Gasteiger partial charge in [0.15, 0.2) is 5.13 Å². The minimum Gasteiger partial charge on any atom is -0.347 e. The molecule has 4 aromatic rings. The Morgan fingerprint density at radius 3 is 2.72 bits per heavy atom. The molecular weight excluding hydrogens is 384 g/mol. The number of rotatable bonds is 4. The van der Waals surface area contributed by atoms with Gasteiger partial charge in [-0.1, -0.05) is 30.4 Å². The van der Waals surface area contributed by atoms with Crippen LogP contribution in [0.5, 0.6) is 0 Å². The quantitative estimate of drug-likeness (QED) is 0.560. The van der Waals surface area contributed by atoms with Gasteiger partial charge >= 0.3 is 0 Å². The lowest BCUT2D eigenvalue weighted by Crippen LogP contribution is -2.45. The standard InChI is InChI=1S/C21H20N6OS/c1-13-10-27(11-13)21-23-9-18(29-21)20(28)25-19-6-16-5-14(3-4-15(16)7-22-19)17-8-24-26(2)12-17/h3-9,12-13H,10-11H2,1-2H3,(H,22,25,28). The molecule has 4 heterocycles. The van der Waals surface area contributed by atoms with Crippen molar-refractivity contribution in [2.75, 3.05) is 23.3 Å². The SMILES string of the molecule is CC1CN(c2ncc(C(=O)Nc3cc4cc(-c5cnn(C)c5)ccc4cn3)s2)C1. The molecule has 0 bridgehead atoms. The molecule has 0 radical (unpaired) electrons. The van der Waals surface area contributed by atoms with Crippen LogP contribution >= 0.6 is 11.3 Å². The van der Waals surface area contributed by atoms with Crippen LogP contribution in [0.25, 0.3) is 21.9 Å². The third-order valence-corrected chi connectivity index (χ3v) is 6.11. The second-order valence-corrected chi connectivity index (χ2v) is 8.51. The number of aromatic nitrogens is 4. The van der Waals surface area contributed by atoms with Gasteiger partial charge in [-0.2, -0.15) is 5.10 Å². The summed E-state index contributed by atoms with van der Waals surface area (Å²) in [6, 6.07) is 8.06. The normalized spacial score (nSPS) is 14.2. The van der Waals surface area contributed by atoms with Gasteiger partial charge in [0.2, 0.25) is 0 Å². The van der Waals surface area contributed by atoms with E-state index in [-0.39, 0.29) is 5.91 Å². The van der Waals surface area contributed by atoms with Gasteiger partial charge in [-0.25, -0.2) is 9.97 Å². The van der Waals surface area contributed by atoms with E-state index in [4.69, 9.17) is 0 Å². The lowest BCUT2D eigenvalue weighted by atomic mass is 10.0. The van der Waals surface area contributed by atoms with Gasteiger partial charge < -0.3 is 10.2 Å². The molecule has 5 rings (SSSR count). The Hall–Kier alpha value is -3.26. The van der Waals surface area contributed by atoms with Crippen LogP contribution in [0.15, 0.2) is 49.1 Å². The number of pyridine rings is 1. The topological polar surface area (TPSA) is 75.9 Å². The highest BCUT2D eigenvalue weighted by Gasteiger charge is 2.25. The van der Waals surface area contributed by atoms with Crippen molar-refractivity contribution in [2.45, 2.75) is 6.92 Å². The van der Waals surface area contributed by atoms with E-state index in [0.29, 0.717) is 16.6 Å². The monoisotopic (exact) mass is 404 g/mol. The third-order valence-electron chi connectivity index (χ3n) is 5.05. The Labute approximate surface area is 172 Å².